The second-order valence-electron chi connectivity index (χ2n) is 3.83. The first-order valence-corrected chi connectivity index (χ1v) is 5.35. The Hall–Kier alpha value is -2.36. The summed E-state index contributed by atoms with van der Waals surface area (Å²) in [4.78, 5) is 8.34. The van der Waals surface area contributed by atoms with Gasteiger partial charge in [-0.2, -0.15) is 0 Å². The number of benzene rings is 1. The van der Waals surface area contributed by atoms with Crippen LogP contribution in [0.1, 0.15) is 5.56 Å². The molecule has 1 aromatic carbocycles. The largest absolute Gasteiger partial charge is 0.443 e. The summed E-state index contributed by atoms with van der Waals surface area (Å²) in [7, 11) is 0. The summed E-state index contributed by atoms with van der Waals surface area (Å²) in [5, 5.41) is 3.26. The van der Waals surface area contributed by atoms with Gasteiger partial charge < -0.3 is 9.73 Å². The maximum atomic E-state index is 5.28. The third-order valence-electron chi connectivity index (χ3n) is 2.61. The van der Waals surface area contributed by atoms with Crippen LogP contribution in [0, 0.1) is 6.92 Å². The van der Waals surface area contributed by atoms with Crippen LogP contribution in [-0.4, -0.2) is 9.97 Å². The molecule has 0 aliphatic heterocycles. The Morgan fingerprint density at radius 3 is 2.94 bits per heavy atom. The van der Waals surface area contributed by atoms with E-state index < -0.39 is 0 Å². The fraction of sp³-hybridized carbons (Fsp3) is 0.0769. The number of hydrogen-bond acceptors (Lipinski definition) is 4. The van der Waals surface area contributed by atoms with Crippen LogP contribution in [0.5, 0.6) is 0 Å². The number of pyridine rings is 1. The Balaban J connectivity index is 2.02. The third-order valence-corrected chi connectivity index (χ3v) is 2.61. The van der Waals surface area contributed by atoms with Crippen molar-refractivity contribution in [3.8, 4) is 0 Å². The van der Waals surface area contributed by atoms with E-state index in [1.807, 2.05) is 37.3 Å². The van der Waals surface area contributed by atoms with Crippen molar-refractivity contribution in [2.75, 3.05) is 5.32 Å². The van der Waals surface area contributed by atoms with Gasteiger partial charge in [0.1, 0.15) is 11.3 Å². The predicted octanol–water partition coefficient (Wildman–Crippen LogP) is 3.27. The average Bonchev–Trinajstić information content (AvgIpc) is 2.78. The zero-order valence-corrected chi connectivity index (χ0v) is 9.34. The summed E-state index contributed by atoms with van der Waals surface area (Å²) in [6.07, 6.45) is 3.21. The van der Waals surface area contributed by atoms with Gasteiger partial charge in [-0.05, 0) is 30.7 Å². The first-order chi connectivity index (χ1) is 8.33. The Morgan fingerprint density at radius 1 is 1.18 bits per heavy atom. The topological polar surface area (TPSA) is 51.0 Å². The molecule has 2 heterocycles. The molecule has 0 aliphatic carbocycles. The number of hydrogen-bond donors (Lipinski definition) is 1. The standard InChI is InChI=1S/C13H11N3O/c1-9-6-11-12(17-8-15-11)7-10(9)16-13-4-2-3-5-14-13/h2-8H,1H3,(H,14,16). The summed E-state index contributed by atoms with van der Waals surface area (Å²) in [6.45, 7) is 2.03. The van der Waals surface area contributed by atoms with Crippen molar-refractivity contribution in [3.05, 3.63) is 48.5 Å². The predicted molar refractivity (Wildman–Crippen MR) is 66.3 cm³/mol. The SMILES string of the molecule is Cc1cc2ncoc2cc1Nc1ccccn1. The number of anilines is 2. The minimum absolute atomic E-state index is 0.772. The molecular weight excluding hydrogens is 214 g/mol. The number of aryl methyl sites for hydroxylation is 1. The highest BCUT2D eigenvalue weighted by Crippen LogP contribution is 2.24. The molecule has 3 aromatic rings. The van der Waals surface area contributed by atoms with Gasteiger partial charge in [0.05, 0.1) is 0 Å². The van der Waals surface area contributed by atoms with E-state index in [4.69, 9.17) is 4.42 Å². The van der Waals surface area contributed by atoms with Crippen LogP contribution < -0.4 is 5.32 Å². The van der Waals surface area contributed by atoms with Gasteiger partial charge in [-0.25, -0.2) is 9.97 Å². The van der Waals surface area contributed by atoms with Gasteiger partial charge in [0, 0.05) is 18.0 Å². The zero-order chi connectivity index (χ0) is 11.7. The Morgan fingerprint density at radius 2 is 2.12 bits per heavy atom. The van der Waals surface area contributed by atoms with Crippen LogP contribution >= 0.6 is 0 Å². The second-order valence-corrected chi connectivity index (χ2v) is 3.83. The number of nitrogens with zero attached hydrogens (tertiary/aromatic N) is 2. The van der Waals surface area contributed by atoms with Gasteiger partial charge in [-0.1, -0.05) is 6.07 Å². The first kappa shape index (κ1) is 9.84. The van der Waals surface area contributed by atoms with Crippen LogP contribution in [0.2, 0.25) is 0 Å². The van der Waals surface area contributed by atoms with E-state index in [0.29, 0.717) is 0 Å². The summed E-state index contributed by atoms with van der Waals surface area (Å²) in [5.41, 5.74) is 3.73. The van der Waals surface area contributed by atoms with Gasteiger partial charge in [0.15, 0.2) is 12.0 Å². The molecule has 84 valence electrons. The second kappa shape index (κ2) is 3.90. The molecule has 0 saturated heterocycles. The van der Waals surface area contributed by atoms with E-state index in [-0.39, 0.29) is 0 Å². The molecule has 0 amide bonds. The average molecular weight is 225 g/mol. The van der Waals surface area contributed by atoms with E-state index in [2.05, 4.69) is 15.3 Å². The molecule has 0 radical (unpaired) electrons. The molecule has 0 aliphatic rings. The van der Waals surface area contributed by atoms with Crippen LogP contribution in [0.3, 0.4) is 0 Å². The summed E-state index contributed by atoms with van der Waals surface area (Å²) in [5.74, 6) is 0.814. The van der Waals surface area contributed by atoms with Crippen molar-refractivity contribution in [1.82, 2.24) is 9.97 Å². The van der Waals surface area contributed by atoms with Gasteiger partial charge in [-0.3, -0.25) is 0 Å². The molecular formula is C13H11N3O. The number of fused-ring (bicyclic) bond motifs is 1. The molecule has 2 aromatic heterocycles. The summed E-state index contributed by atoms with van der Waals surface area (Å²) in [6, 6.07) is 9.68. The third kappa shape index (κ3) is 1.85. The van der Waals surface area contributed by atoms with Crippen LogP contribution in [-0.2, 0) is 0 Å². The van der Waals surface area contributed by atoms with Crippen molar-refractivity contribution < 1.29 is 4.42 Å². The molecule has 0 atom stereocenters. The quantitative estimate of drug-likeness (QED) is 0.727. The molecule has 0 unspecified atom stereocenters. The van der Waals surface area contributed by atoms with Gasteiger partial charge >= 0.3 is 0 Å². The van der Waals surface area contributed by atoms with Crippen molar-refractivity contribution >= 4 is 22.6 Å². The minimum atomic E-state index is 0.772. The highest BCUT2D eigenvalue weighted by Gasteiger charge is 2.05. The molecule has 0 spiro atoms. The molecule has 0 saturated carbocycles. The minimum Gasteiger partial charge on any atom is -0.443 e. The van der Waals surface area contributed by atoms with Gasteiger partial charge in [0.2, 0.25) is 0 Å². The first-order valence-electron chi connectivity index (χ1n) is 5.35. The Kier molecular flexibility index (Phi) is 2.26. The van der Waals surface area contributed by atoms with E-state index in [1.165, 1.54) is 6.39 Å². The lowest BCUT2D eigenvalue weighted by atomic mass is 10.2. The Bertz CT molecular complexity index is 646. The van der Waals surface area contributed by atoms with E-state index >= 15 is 0 Å². The number of aromatic nitrogens is 2. The van der Waals surface area contributed by atoms with E-state index in [9.17, 15) is 0 Å². The molecule has 1 N–H and O–H groups in total. The van der Waals surface area contributed by atoms with Crippen LogP contribution in [0.4, 0.5) is 11.5 Å². The maximum absolute atomic E-state index is 5.28. The molecule has 0 fully saturated rings. The molecule has 4 nitrogen and oxygen atoms in total. The molecule has 0 bridgehead atoms. The smallest absolute Gasteiger partial charge is 0.181 e. The number of rotatable bonds is 2. The van der Waals surface area contributed by atoms with Gasteiger partial charge in [-0.15, -0.1) is 0 Å². The lowest BCUT2D eigenvalue weighted by molar-refractivity contribution is 0.602. The van der Waals surface area contributed by atoms with Crippen LogP contribution in [0.25, 0.3) is 11.1 Å². The molecule has 17 heavy (non-hydrogen) atoms. The van der Waals surface area contributed by atoms with E-state index in [1.54, 1.807) is 6.20 Å². The van der Waals surface area contributed by atoms with Crippen molar-refractivity contribution in [1.29, 1.82) is 0 Å². The van der Waals surface area contributed by atoms with Gasteiger partial charge in [0.25, 0.3) is 0 Å². The fourth-order valence-electron chi connectivity index (χ4n) is 1.72. The lowest BCUT2D eigenvalue weighted by Crippen LogP contribution is -1.94. The normalized spacial score (nSPS) is 10.6. The fourth-order valence-corrected chi connectivity index (χ4v) is 1.72. The highest BCUT2D eigenvalue weighted by molar-refractivity contribution is 5.80. The van der Waals surface area contributed by atoms with Crippen LogP contribution in [0.15, 0.2) is 47.3 Å². The van der Waals surface area contributed by atoms with E-state index in [0.717, 1.165) is 28.2 Å². The maximum Gasteiger partial charge on any atom is 0.181 e. The number of nitrogens with one attached hydrogen (secondary N) is 1. The monoisotopic (exact) mass is 225 g/mol. The molecule has 3 rings (SSSR count). The summed E-state index contributed by atoms with van der Waals surface area (Å²) >= 11 is 0. The zero-order valence-electron chi connectivity index (χ0n) is 9.34. The lowest BCUT2D eigenvalue weighted by Gasteiger charge is -2.07. The number of oxazole rings is 1. The van der Waals surface area contributed by atoms with Crippen molar-refractivity contribution in [3.63, 3.8) is 0 Å². The molecule has 4 heteroatoms. The van der Waals surface area contributed by atoms with Crippen molar-refractivity contribution in [2.24, 2.45) is 0 Å². The highest BCUT2D eigenvalue weighted by atomic mass is 16.3. The Labute approximate surface area is 98.3 Å². The summed E-state index contributed by atoms with van der Waals surface area (Å²) < 4.78 is 5.28. The van der Waals surface area contributed by atoms with Crippen molar-refractivity contribution in [2.45, 2.75) is 6.92 Å².